The van der Waals surface area contributed by atoms with Crippen molar-refractivity contribution < 1.29 is 4.79 Å². The fourth-order valence-electron chi connectivity index (χ4n) is 2.06. The summed E-state index contributed by atoms with van der Waals surface area (Å²) in [5.74, 6) is -0.157. The van der Waals surface area contributed by atoms with E-state index in [1.165, 1.54) is 0 Å². The van der Waals surface area contributed by atoms with E-state index in [-0.39, 0.29) is 5.91 Å². The molecule has 0 spiro atoms. The van der Waals surface area contributed by atoms with Gasteiger partial charge in [0.1, 0.15) is 0 Å². The molecular formula is C16H10ClN2OSe. The first-order valence-corrected chi connectivity index (χ1v) is 7.51. The Hall–Kier alpha value is -1.87. The Morgan fingerprint density at radius 1 is 1.10 bits per heavy atom. The predicted octanol–water partition coefficient (Wildman–Crippen LogP) is 3.25. The van der Waals surface area contributed by atoms with Crippen molar-refractivity contribution >= 4 is 50.0 Å². The zero-order valence-electron chi connectivity index (χ0n) is 10.9. The molecule has 1 aliphatic heterocycles. The third kappa shape index (κ3) is 2.93. The molecule has 0 saturated carbocycles. The first kappa shape index (κ1) is 14.1. The van der Waals surface area contributed by atoms with Crippen LogP contribution in [-0.2, 0) is 4.79 Å². The second-order valence-corrected chi connectivity index (χ2v) is 5.66. The van der Waals surface area contributed by atoms with E-state index >= 15 is 0 Å². The van der Waals surface area contributed by atoms with Crippen LogP contribution in [0.1, 0.15) is 5.56 Å². The second-order valence-electron chi connectivity index (χ2n) is 4.46. The van der Waals surface area contributed by atoms with E-state index < -0.39 is 0 Å². The van der Waals surface area contributed by atoms with Crippen LogP contribution in [0.5, 0.6) is 0 Å². The standard InChI is InChI=1S/C16H10ClN2OSe/c17-12-6-4-5-11(9-12)10-14-15(20)19(16(21)18-14)13-7-2-1-3-8-13/h1-10H. The van der Waals surface area contributed by atoms with Crippen molar-refractivity contribution in [1.29, 1.82) is 0 Å². The van der Waals surface area contributed by atoms with Crippen LogP contribution >= 0.6 is 11.6 Å². The molecule has 2 aromatic rings. The summed E-state index contributed by atoms with van der Waals surface area (Å²) in [6, 6.07) is 16.7. The maximum absolute atomic E-state index is 12.5. The van der Waals surface area contributed by atoms with Gasteiger partial charge in [-0.15, -0.1) is 0 Å². The Morgan fingerprint density at radius 2 is 1.86 bits per heavy atom. The average Bonchev–Trinajstić information content (AvgIpc) is 2.74. The molecule has 0 aromatic heterocycles. The zero-order chi connectivity index (χ0) is 14.8. The summed E-state index contributed by atoms with van der Waals surface area (Å²) >= 11 is 8.79. The third-order valence-electron chi connectivity index (χ3n) is 3.00. The van der Waals surface area contributed by atoms with Crippen LogP contribution in [0.2, 0.25) is 5.02 Å². The van der Waals surface area contributed by atoms with E-state index in [2.05, 4.69) is 21.0 Å². The predicted molar refractivity (Wildman–Crippen MR) is 86.5 cm³/mol. The second kappa shape index (κ2) is 5.86. The molecule has 0 bridgehead atoms. The molecule has 3 nitrogen and oxygen atoms in total. The van der Waals surface area contributed by atoms with Crippen LogP contribution in [0.4, 0.5) is 5.69 Å². The monoisotopic (exact) mass is 361 g/mol. The number of halogens is 1. The van der Waals surface area contributed by atoms with Crippen LogP contribution in [-0.4, -0.2) is 26.7 Å². The molecular weight excluding hydrogens is 351 g/mol. The van der Waals surface area contributed by atoms with Crippen LogP contribution in [0.15, 0.2) is 65.3 Å². The summed E-state index contributed by atoms with van der Waals surface area (Å²) in [5, 5.41) is 0.627. The molecule has 3 rings (SSSR count). The van der Waals surface area contributed by atoms with E-state index in [0.717, 1.165) is 11.3 Å². The zero-order valence-corrected chi connectivity index (χ0v) is 13.3. The molecule has 0 aliphatic carbocycles. The molecule has 5 heteroatoms. The Labute approximate surface area is 135 Å². The van der Waals surface area contributed by atoms with Gasteiger partial charge in [-0.05, 0) is 0 Å². The fraction of sp³-hybridized carbons (Fsp3) is 0. The normalized spacial score (nSPS) is 16.4. The van der Waals surface area contributed by atoms with Gasteiger partial charge in [0.2, 0.25) is 0 Å². The molecule has 0 fully saturated rings. The van der Waals surface area contributed by atoms with E-state index in [1.54, 1.807) is 23.1 Å². The number of rotatable bonds is 2. The number of benzene rings is 2. The van der Waals surface area contributed by atoms with Crippen LogP contribution in [0.3, 0.4) is 0 Å². The number of aliphatic imine (C=N–C) groups is 1. The van der Waals surface area contributed by atoms with Gasteiger partial charge >= 0.3 is 136 Å². The van der Waals surface area contributed by atoms with Crippen molar-refractivity contribution in [2.75, 3.05) is 4.90 Å². The van der Waals surface area contributed by atoms with Gasteiger partial charge in [0.15, 0.2) is 0 Å². The molecule has 0 saturated heterocycles. The number of hydrogen-bond acceptors (Lipinski definition) is 2. The number of carbonyl (C=O) groups excluding carboxylic acids is 1. The van der Waals surface area contributed by atoms with Gasteiger partial charge in [0.25, 0.3) is 0 Å². The minimum absolute atomic E-state index is 0.157. The number of nitrogens with zero attached hydrogens (tertiary/aromatic N) is 2. The Morgan fingerprint density at radius 3 is 2.57 bits per heavy atom. The van der Waals surface area contributed by atoms with Gasteiger partial charge in [-0.2, -0.15) is 0 Å². The van der Waals surface area contributed by atoms with Gasteiger partial charge in [0, 0.05) is 0 Å². The van der Waals surface area contributed by atoms with E-state index in [1.807, 2.05) is 42.5 Å². The van der Waals surface area contributed by atoms with Crippen molar-refractivity contribution in [3.05, 3.63) is 70.9 Å². The number of amides is 1. The minimum atomic E-state index is -0.157. The molecule has 0 unspecified atom stereocenters. The number of para-hydroxylation sites is 1. The number of anilines is 1. The summed E-state index contributed by atoms with van der Waals surface area (Å²) in [6.07, 6.45) is 1.73. The SMILES string of the molecule is O=C1C(=Cc2cccc(Cl)c2)N=C([Se])N1c1ccccc1. The van der Waals surface area contributed by atoms with Crippen LogP contribution < -0.4 is 4.90 Å². The van der Waals surface area contributed by atoms with Gasteiger partial charge in [-0.3, -0.25) is 0 Å². The van der Waals surface area contributed by atoms with Crippen molar-refractivity contribution in [2.45, 2.75) is 0 Å². The molecule has 0 N–H and O–H groups in total. The average molecular weight is 361 g/mol. The van der Waals surface area contributed by atoms with Crippen LogP contribution in [0, 0.1) is 0 Å². The maximum atomic E-state index is 12.5. The summed E-state index contributed by atoms with van der Waals surface area (Å²) in [6.45, 7) is 0. The number of amidine groups is 1. The Bertz CT molecular complexity index is 756. The summed E-state index contributed by atoms with van der Waals surface area (Å²) in [4.78, 5) is 18.4. The molecule has 1 aliphatic rings. The third-order valence-corrected chi connectivity index (χ3v) is 3.81. The summed E-state index contributed by atoms with van der Waals surface area (Å²) in [7, 11) is 0. The molecule has 1 radical (unpaired) electrons. The molecule has 2 aromatic carbocycles. The first-order valence-electron chi connectivity index (χ1n) is 6.27. The van der Waals surface area contributed by atoms with Gasteiger partial charge < -0.3 is 0 Å². The van der Waals surface area contributed by atoms with Crippen molar-refractivity contribution in [2.24, 2.45) is 4.99 Å². The van der Waals surface area contributed by atoms with Crippen molar-refractivity contribution in [3.63, 3.8) is 0 Å². The van der Waals surface area contributed by atoms with Gasteiger partial charge in [-0.1, -0.05) is 0 Å². The number of hydrogen-bond donors (Lipinski definition) is 0. The Kier molecular flexibility index (Phi) is 3.93. The first-order chi connectivity index (χ1) is 10.1. The number of carbonyl (C=O) groups is 1. The molecule has 1 amide bonds. The van der Waals surface area contributed by atoms with E-state index in [0.29, 0.717) is 15.5 Å². The Balaban J connectivity index is 1.96. The molecule has 103 valence electrons. The molecule has 1 heterocycles. The quantitative estimate of drug-likeness (QED) is 0.598. The van der Waals surface area contributed by atoms with Gasteiger partial charge in [0.05, 0.1) is 0 Å². The van der Waals surface area contributed by atoms with Crippen LogP contribution in [0.25, 0.3) is 6.08 Å². The molecule has 21 heavy (non-hydrogen) atoms. The van der Waals surface area contributed by atoms with Crippen molar-refractivity contribution in [1.82, 2.24) is 0 Å². The van der Waals surface area contributed by atoms with E-state index in [4.69, 9.17) is 11.6 Å². The van der Waals surface area contributed by atoms with Crippen molar-refractivity contribution in [3.8, 4) is 0 Å². The summed E-state index contributed by atoms with van der Waals surface area (Å²) in [5.41, 5.74) is 2.02. The van der Waals surface area contributed by atoms with Gasteiger partial charge in [-0.25, -0.2) is 0 Å². The summed E-state index contributed by atoms with van der Waals surface area (Å²) < 4.78 is 0.541. The molecule has 0 atom stereocenters. The van der Waals surface area contributed by atoms with E-state index in [9.17, 15) is 4.79 Å². The topological polar surface area (TPSA) is 32.7 Å². The fourth-order valence-corrected chi connectivity index (χ4v) is 2.86.